The fraction of sp³-hybridized carbons (Fsp3) is 0.417. The third kappa shape index (κ3) is 5.25. The highest BCUT2D eigenvalue weighted by atomic mass is 35.5. The van der Waals surface area contributed by atoms with Crippen molar-refractivity contribution in [3.63, 3.8) is 0 Å². The lowest BCUT2D eigenvalue weighted by atomic mass is 9.95. The number of likely N-dealkylation sites (tertiary alicyclic amines) is 1. The van der Waals surface area contributed by atoms with Gasteiger partial charge in [0.15, 0.2) is 0 Å². The van der Waals surface area contributed by atoms with Crippen LogP contribution in [-0.4, -0.2) is 65.8 Å². The maximum Gasteiger partial charge on any atom is 0.253 e. The van der Waals surface area contributed by atoms with E-state index in [1.54, 1.807) is 41.3 Å². The van der Waals surface area contributed by atoms with Crippen LogP contribution in [0.5, 0.6) is 0 Å². The van der Waals surface area contributed by atoms with Crippen LogP contribution in [0.4, 0.5) is 4.39 Å². The number of rotatable bonds is 4. The molecule has 31 heavy (non-hydrogen) atoms. The number of piperidine rings is 1. The number of benzene rings is 2. The van der Waals surface area contributed by atoms with Gasteiger partial charge in [-0.15, -0.1) is 0 Å². The summed E-state index contributed by atoms with van der Waals surface area (Å²) in [5.74, 6) is -0.278. The van der Waals surface area contributed by atoms with Gasteiger partial charge in [-0.1, -0.05) is 29.8 Å². The zero-order valence-corrected chi connectivity index (χ0v) is 18.2. The minimum atomic E-state index is -0.186. The molecule has 4 rings (SSSR count). The molecule has 0 saturated carbocycles. The molecule has 1 atom stereocenters. The smallest absolute Gasteiger partial charge is 0.253 e. The molecule has 0 N–H and O–H groups in total. The summed E-state index contributed by atoms with van der Waals surface area (Å²) >= 11 is 5.92. The van der Waals surface area contributed by atoms with Gasteiger partial charge in [-0.25, -0.2) is 4.39 Å². The van der Waals surface area contributed by atoms with Crippen LogP contribution >= 0.6 is 11.6 Å². The van der Waals surface area contributed by atoms with Crippen LogP contribution in [-0.2, 0) is 11.3 Å². The van der Waals surface area contributed by atoms with Crippen molar-refractivity contribution >= 4 is 23.4 Å². The van der Waals surface area contributed by atoms with E-state index in [4.69, 9.17) is 11.6 Å². The molecule has 2 amide bonds. The monoisotopic (exact) mass is 443 g/mol. The van der Waals surface area contributed by atoms with Gasteiger partial charge in [-0.2, -0.15) is 0 Å². The predicted octanol–water partition coefficient (Wildman–Crippen LogP) is 3.68. The van der Waals surface area contributed by atoms with Crippen LogP contribution in [0.1, 0.15) is 28.8 Å². The Morgan fingerprint density at radius 2 is 1.65 bits per heavy atom. The van der Waals surface area contributed by atoms with Gasteiger partial charge >= 0.3 is 0 Å². The lowest BCUT2D eigenvalue weighted by molar-refractivity contribution is -0.138. The molecule has 1 unspecified atom stereocenters. The number of halogens is 2. The summed E-state index contributed by atoms with van der Waals surface area (Å²) < 4.78 is 13.9. The maximum absolute atomic E-state index is 13.9. The number of carbonyl (C=O) groups excluding carboxylic acids is 2. The first-order valence-corrected chi connectivity index (χ1v) is 11.2. The largest absolute Gasteiger partial charge is 0.340 e. The highest BCUT2D eigenvalue weighted by Crippen LogP contribution is 2.22. The highest BCUT2D eigenvalue weighted by molar-refractivity contribution is 6.30. The molecule has 2 aromatic rings. The zero-order chi connectivity index (χ0) is 21.8. The second-order valence-electron chi connectivity index (χ2n) is 8.29. The minimum Gasteiger partial charge on any atom is -0.340 e. The Morgan fingerprint density at radius 3 is 2.35 bits per heavy atom. The fourth-order valence-electron chi connectivity index (χ4n) is 4.39. The third-order valence-corrected chi connectivity index (χ3v) is 6.44. The Bertz CT molecular complexity index is 929. The molecule has 2 aliphatic rings. The zero-order valence-electron chi connectivity index (χ0n) is 17.5. The van der Waals surface area contributed by atoms with E-state index in [1.165, 1.54) is 6.07 Å². The Labute approximate surface area is 187 Å². The van der Waals surface area contributed by atoms with Gasteiger partial charge in [0, 0.05) is 62.0 Å². The predicted molar refractivity (Wildman–Crippen MR) is 118 cm³/mol. The third-order valence-electron chi connectivity index (χ3n) is 6.18. The van der Waals surface area contributed by atoms with Gasteiger partial charge in [0.2, 0.25) is 5.91 Å². The highest BCUT2D eigenvalue weighted by Gasteiger charge is 2.33. The van der Waals surface area contributed by atoms with Gasteiger partial charge in [-0.05, 0) is 43.2 Å². The molecule has 164 valence electrons. The van der Waals surface area contributed by atoms with E-state index in [0.29, 0.717) is 48.9 Å². The number of hydrogen-bond donors (Lipinski definition) is 0. The topological polar surface area (TPSA) is 43.9 Å². The van der Waals surface area contributed by atoms with Gasteiger partial charge in [0.05, 0.1) is 5.92 Å². The molecule has 2 saturated heterocycles. The average Bonchev–Trinajstić information content (AvgIpc) is 2.81. The van der Waals surface area contributed by atoms with E-state index in [2.05, 4.69) is 4.90 Å². The Kier molecular flexibility index (Phi) is 6.88. The van der Waals surface area contributed by atoms with Crippen molar-refractivity contribution in [2.24, 2.45) is 5.92 Å². The number of nitrogens with zero attached hydrogens (tertiary/aromatic N) is 3. The van der Waals surface area contributed by atoms with Gasteiger partial charge in [-0.3, -0.25) is 14.5 Å². The van der Waals surface area contributed by atoms with Crippen molar-refractivity contribution in [1.29, 1.82) is 0 Å². The Hall–Kier alpha value is -2.44. The SMILES string of the molecule is O=C(c1ccc(Cl)cc1)N1CCCC(C(=O)N2CCN(Cc3ccccc3F)CC2)C1. The number of carbonyl (C=O) groups is 2. The first kappa shape index (κ1) is 21.8. The van der Waals surface area contributed by atoms with Crippen molar-refractivity contribution in [2.75, 3.05) is 39.3 Å². The van der Waals surface area contributed by atoms with Crippen LogP contribution < -0.4 is 0 Å². The molecule has 0 spiro atoms. The Balaban J connectivity index is 1.31. The van der Waals surface area contributed by atoms with E-state index in [-0.39, 0.29) is 23.5 Å². The van der Waals surface area contributed by atoms with Crippen LogP contribution in [0, 0.1) is 11.7 Å². The molecule has 0 aliphatic carbocycles. The normalized spacial score (nSPS) is 20.0. The summed E-state index contributed by atoms with van der Waals surface area (Å²) in [4.78, 5) is 31.8. The number of amides is 2. The van der Waals surface area contributed by atoms with E-state index < -0.39 is 0 Å². The van der Waals surface area contributed by atoms with Crippen LogP contribution in [0.25, 0.3) is 0 Å². The van der Waals surface area contributed by atoms with Gasteiger partial charge < -0.3 is 9.80 Å². The molecule has 7 heteroatoms. The molecule has 5 nitrogen and oxygen atoms in total. The van der Waals surface area contributed by atoms with Crippen LogP contribution in [0.3, 0.4) is 0 Å². The number of piperazine rings is 1. The van der Waals surface area contributed by atoms with E-state index >= 15 is 0 Å². The summed E-state index contributed by atoms with van der Waals surface area (Å²) in [5.41, 5.74) is 1.28. The van der Waals surface area contributed by atoms with Crippen molar-refractivity contribution < 1.29 is 14.0 Å². The summed E-state index contributed by atoms with van der Waals surface area (Å²) in [7, 11) is 0. The van der Waals surface area contributed by atoms with Crippen molar-refractivity contribution in [3.8, 4) is 0 Å². The first-order valence-electron chi connectivity index (χ1n) is 10.8. The van der Waals surface area contributed by atoms with Gasteiger partial charge in [0.25, 0.3) is 5.91 Å². The average molecular weight is 444 g/mol. The van der Waals surface area contributed by atoms with Gasteiger partial charge in [0.1, 0.15) is 5.82 Å². The molecule has 0 bridgehead atoms. The quantitative estimate of drug-likeness (QED) is 0.724. The molecule has 2 fully saturated rings. The van der Waals surface area contributed by atoms with Crippen LogP contribution in [0.15, 0.2) is 48.5 Å². The summed E-state index contributed by atoms with van der Waals surface area (Å²) in [6, 6.07) is 13.7. The van der Waals surface area contributed by atoms with Crippen molar-refractivity contribution in [3.05, 3.63) is 70.5 Å². The van der Waals surface area contributed by atoms with Crippen LogP contribution in [0.2, 0.25) is 5.02 Å². The minimum absolute atomic E-state index is 0.0520. The molecular formula is C24H27ClFN3O2. The second-order valence-corrected chi connectivity index (χ2v) is 8.73. The van der Waals surface area contributed by atoms with E-state index in [9.17, 15) is 14.0 Å². The lowest BCUT2D eigenvalue weighted by Crippen LogP contribution is -2.52. The number of hydrogen-bond acceptors (Lipinski definition) is 3. The summed E-state index contributed by atoms with van der Waals surface area (Å²) in [6.45, 7) is 4.39. The maximum atomic E-state index is 13.9. The van der Waals surface area contributed by atoms with E-state index in [0.717, 1.165) is 25.9 Å². The molecule has 2 heterocycles. The first-order chi connectivity index (χ1) is 15.0. The van der Waals surface area contributed by atoms with E-state index in [1.807, 2.05) is 11.0 Å². The molecule has 2 aliphatic heterocycles. The molecule has 2 aromatic carbocycles. The van der Waals surface area contributed by atoms with Crippen molar-refractivity contribution in [1.82, 2.24) is 14.7 Å². The lowest BCUT2D eigenvalue weighted by Gasteiger charge is -2.39. The standard InChI is InChI=1S/C24H27ClFN3O2/c25-21-9-7-18(8-10-21)23(30)29-11-3-5-20(17-29)24(31)28-14-12-27(13-15-28)16-19-4-1-2-6-22(19)26/h1-2,4,6-10,20H,3,5,11-17H2. The fourth-order valence-corrected chi connectivity index (χ4v) is 4.52. The summed E-state index contributed by atoms with van der Waals surface area (Å²) in [5, 5.41) is 0.595. The molecule has 0 radical (unpaired) electrons. The molecular weight excluding hydrogens is 417 g/mol. The van der Waals surface area contributed by atoms with Crippen molar-refractivity contribution in [2.45, 2.75) is 19.4 Å². The summed E-state index contributed by atoms with van der Waals surface area (Å²) in [6.07, 6.45) is 1.63. The molecule has 0 aromatic heterocycles. The Morgan fingerprint density at radius 1 is 0.935 bits per heavy atom. The second kappa shape index (κ2) is 9.79.